The summed E-state index contributed by atoms with van der Waals surface area (Å²) in [4.78, 5) is 2.24. The van der Waals surface area contributed by atoms with Crippen LogP contribution in [0.25, 0.3) is 0 Å². The predicted molar refractivity (Wildman–Crippen MR) is 83.7 cm³/mol. The van der Waals surface area contributed by atoms with E-state index in [1.807, 2.05) is 6.92 Å². The summed E-state index contributed by atoms with van der Waals surface area (Å²) in [6.45, 7) is 8.53. The molecule has 0 aliphatic carbocycles. The summed E-state index contributed by atoms with van der Waals surface area (Å²) in [6, 6.07) is 8.95. The van der Waals surface area contributed by atoms with Crippen molar-refractivity contribution in [1.82, 2.24) is 4.90 Å². The molecule has 1 heterocycles. The van der Waals surface area contributed by atoms with Crippen LogP contribution in [0.3, 0.4) is 0 Å². The Morgan fingerprint density at radius 1 is 1.45 bits per heavy atom. The fourth-order valence-electron chi connectivity index (χ4n) is 2.49. The molecule has 0 radical (unpaired) electrons. The van der Waals surface area contributed by atoms with Gasteiger partial charge in [0.15, 0.2) is 0 Å². The van der Waals surface area contributed by atoms with Crippen LogP contribution in [0.15, 0.2) is 24.3 Å². The first-order valence-electron chi connectivity index (χ1n) is 7.58. The average Bonchev–Trinajstić information content (AvgIpc) is 2.50. The van der Waals surface area contributed by atoms with Crippen molar-refractivity contribution in [3.8, 4) is 11.8 Å². The molecule has 0 spiro atoms. The number of morpholine rings is 1. The predicted octanol–water partition coefficient (Wildman–Crippen LogP) is 1.80. The first-order chi connectivity index (χ1) is 10.4. The van der Waals surface area contributed by atoms with E-state index in [4.69, 9.17) is 14.7 Å². The number of benzene rings is 1. The molecule has 2 unspecified atom stereocenters. The summed E-state index contributed by atoms with van der Waals surface area (Å²) in [5, 5.41) is 19.0. The van der Waals surface area contributed by atoms with E-state index in [1.54, 1.807) is 24.3 Å². The van der Waals surface area contributed by atoms with E-state index < -0.39 is 6.10 Å². The van der Waals surface area contributed by atoms with Gasteiger partial charge in [0, 0.05) is 18.6 Å². The topological polar surface area (TPSA) is 65.7 Å². The number of ether oxygens (including phenoxy) is 2. The molecule has 0 saturated carbocycles. The van der Waals surface area contributed by atoms with Gasteiger partial charge in [-0.25, -0.2) is 0 Å². The SMILES string of the molecule is CC1CN(CC(O)COc2ccc(C#N)cc2)C(C)(C)CO1. The number of hydrogen-bond acceptors (Lipinski definition) is 5. The van der Waals surface area contributed by atoms with E-state index in [0.717, 1.165) is 6.54 Å². The average molecular weight is 304 g/mol. The maximum atomic E-state index is 10.2. The second kappa shape index (κ2) is 7.10. The Bertz CT molecular complexity index is 522. The molecule has 5 nitrogen and oxygen atoms in total. The Morgan fingerprint density at radius 3 is 2.77 bits per heavy atom. The lowest BCUT2D eigenvalue weighted by molar-refractivity contribution is -0.104. The van der Waals surface area contributed by atoms with Gasteiger partial charge in [-0.05, 0) is 45.0 Å². The minimum absolute atomic E-state index is 0.0814. The number of nitrogens with zero attached hydrogens (tertiary/aromatic N) is 2. The van der Waals surface area contributed by atoms with Crippen LogP contribution in [0, 0.1) is 11.3 Å². The van der Waals surface area contributed by atoms with E-state index >= 15 is 0 Å². The molecule has 1 aliphatic rings. The number of hydrogen-bond donors (Lipinski definition) is 1. The van der Waals surface area contributed by atoms with Crippen LogP contribution in [-0.2, 0) is 4.74 Å². The number of aliphatic hydroxyl groups excluding tert-OH is 1. The van der Waals surface area contributed by atoms with Crippen LogP contribution in [0.2, 0.25) is 0 Å². The standard InChI is InChI=1S/C17H24N2O3/c1-13-9-19(17(2,3)12-22-13)10-15(20)11-21-16-6-4-14(8-18)5-7-16/h4-7,13,15,20H,9-12H2,1-3H3. The Kier molecular flexibility index (Phi) is 5.41. The molecule has 1 fully saturated rings. The van der Waals surface area contributed by atoms with E-state index in [-0.39, 0.29) is 18.2 Å². The smallest absolute Gasteiger partial charge is 0.119 e. The fourth-order valence-corrected chi connectivity index (χ4v) is 2.49. The summed E-state index contributed by atoms with van der Waals surface area (Å²) < 4.78 is 11.3. The number of β-amino-alcohol motifs (C(OH)–C–C–N with tert-alkyl or cyclic N) is 1. The van der Waals surface area contributed by atoms with Crippen LogP contribution in [0.4, 0.5) is 0 Å². The third kappa shape index (κ3) is 4.44. The van der Waals surface area contributed by atoms with Crippen LogP contribution >= 0.6 is 0 Å². The van der Waals surface area contributed by atoms with E-state index in [1.165, 1.54) is 0 Å². The monoisotopic (exact) mass is 304 g/mol. The van der Waals surface area contributed by atoms with Crippen molar-refractivity contribution >= 4 is 0 Å². The lowest BCUT2D eigenvalue weighted by Crippen LogP contribution is -2.57. The molecule has 2 atom stereocenters. The lowest BCUT2D eigenvalue weighted by Gasteiger charge is -2.45. The van der Waals surface area contributed by atoms with Gasteiger partial charge in [0.25, 0.3) is 0 Å². The van der Waals surface area contributed by atoms with Gasteiger partial charge in [0.1, 0.15) is 18.5 Å². The molecule has 0 aromatic heterocycles. The minimum Gasteiger partial charge on any atom is -0.491 e. The molecule has 2 rings (SSSR count). The zero-order valence-electron chi connectivity index (χ0n) is 13.5. The first kappa shape index (κ1) is 16.8. The summed E-state index contributed by atoms with van der Waals surface area (Å²) in [5.74, 6) is 0.660. The molecule has 22 heavy (non-hydrogen) atoms. The molecule has 1 aromatic rings. The van der Waals surface area contributed by atoms with Gasteiger partial charge in [-0.2, -0.15) is 5.26 Å². The van der Waals surface area contributed by atoms with E-state index in [2.05, 4.69) is 24.8 Å². The highest BCUT2D eigenvalue weighted by Gasteiger charge is 2.34. The normalized spacial score (nSPS) is 22.8. The summed E-state index contributed by atoms with van der Waals surface area (Å²) in [5.41, 5.74) is 0.513. The maximum Gasteiger partial charge on any atom is 0.119 e. The van der Waals surface area contributed by atoms with Gasteiger partial charge < -0.3 is 14.6 Å². The van der Waals surface area contributed by atoms with Crippen molar-refractivity contribution in [3.05, 3.63) is 29.8 Å². The molecule has 1 saturated heterocycles. The molecule has 5 heteroatoms. The highest BCUT2D eigenvalue weighted by Crippen LogP contribution is 2.22. The maximum absolute atomic E-state index is 10.2. The van der Waals surface area contributed by atoms with Crippen molar-refractivity contribution < 1.29 is 14.6 Å². The van der Waals surface area contributed by atoms with Gasteiger partial charge in [0.2, 0.25) is 0 Å². The second-order valence-corrected chi connectivity index (χ2v) is 6.44. The Labute approximate surface area is 132 Å². The van der Waals surface area contributed by atoms with Gasteiger partial charge >= 0.3 is 0 Å². The molecule has 1 aliphatic heterocycles. The largest absolute Gasteiger partial charge is 0.491 e. The molecule has 0 bridgehead atoms. The van der Waals surface area contributed by atoms with Crippen molar-refractivity contribution in [1.29, 1.82) is 5.26 Å². The Hall–Kier alpha value is -1.61. The van der Waals surface area contributed by atoms with Gasteiger partial charge in [0.05, 0.1) is 24.3 Å². The van der Waals surface area contributed by atoms with Crippen LogP contribution < -0.4 is 4.74 Å². The molecule has 1 N–H and O–H groups in total. The molecule has 0 amide bonds. The van der Waals surface area contributed by atoms with Crippen molar-refractivity contribution in [3.63, 3.8) is 0 Å². The Balaban J connectivity index is 1.84. The molecule has 120 valence electrons. The van der Waals surface area contributed by atoms with Gasteiger partial charge in [-0.1, -0.05) is 0 Å². The summed E-state index contributed by atoms with van der Waals surface area (Å²) >= 11 is 0. The fraction of sp³-hybridized carbons (Fsp3) is 0.588. The number of nitriles is 1. The van der Waals surface area contributed by atoms with Gasteiger partial charge in [-0.3, -0.25) is 4.90 Å². The van der Waals surface area contributed by atoms with Crippen molar-refractivity contribution in [2.75, 3.05) is 26.3 Å². The zero-order chi connectivity index (χ0) is 16.2. The van der Waals surface area contributed by atoms with E-state index in [0.29, 0.717) is 24.5 Å². The van der Waals surface area contributed by atoms with Crippen LogP contribution in [0.1, 0.15) is 26.3 Å². The Morgan fingerprint density at radius 2 is 2.14 bits per heavy atom. The third-order valence-corrected chi connectivity index (χ3v) is 3.91. The van der Waals surface area contributed by atoms with E-state index in [9.17, 15) is 5.11 Å². The number of aliphatic hydroxyl groups is 1. The summed E-state index contributed by atoms with van der Waals surface area (Å²) in [7, 11) is 0. The molecular weight excluding hydrogens is 280 g/mol. The highest BCUT2D eigenvalue weighted by atomic mass is 16.5. The number of rotatable bonds is 5. The third-order valence-electron chi connectivity index (χ3n) is 3.91. The minimum atomic E-state index is -0.569. The molecule has 1 aromatic carbocycles. The van der Waals surface area contributed by atoms with Crippen molar-refractivity contribution in [2.24, 2.45) is 0 Å². The van der Waals surface area contributed by atoms with Crippen molar-refractivity contribution in [2.45, 2.75) is 38.5 Å². The molecular formula is C17H24N2O3. The van der Waals surface area contributed by atoms with Crippen LogP contribution in [0.5, 0.6) is 5.75 Å². The van der Waals surface area contributed by atoms with Crippen LogP contribution in [-0.4, -0.2) is 54.1 Å². The first-order valence-corrected chi connectivity index (χ1v) is 7.58. The lowest BCUT2D eigenvalue weighted by atomic mass is 10.0. The van der Waals surface area contributed by atoms with Gasteiger partial charge in [-0.15, -0.1) is 0 Å². The quantitative estimate of drug-likeness (QED) is 0.898. The highest BCUT2D eigenvalue weighted by molar-refractivity contribution is 5.34. The summed E-state index contributed by atoms with van der Waals surface area (Å²) in [6.07, 6.45) is -0.389. The zero-order valence-corrected chi connectivity index (χ0v) is 13.5. The second-order valence-electron chi connectivity index (χ2n) is 6.44.